The van der Waals surface area contributed by atoms with Crippen molar-refractivity contribution >= 4 is 50.9 Å². The molecule has 0 radical (unpaired) electrons. The number of carbonyl (C=O) groups excluding carboxylic acids is 2. The number of carbonyl (C=O) groups is 2. The van der Waals surface area contributed by atoms with Crippen LogP contribution in [-0.4, -0.2) is 62.0 Å². The van der Waals surface area contributed by atoms with Crippen molar-refractivity contribution in [3.05, 3.63) is 40.5 Å². The number of halogens is 2. The summed E-state index contributed by atoms with van der Waals surface area (Å²) in [5, 5.41) is 2.95. The van der Waals surface area contributed by atoms with Crippen molar-refractivity contribution in [2.45, 2.75) is 30.8 Å². The molecule has 1 amide bonds. The Balaban J connectivity index is 1.31. The van der Waals surface area contributed by atoms with E-state index < -0.39 is 33.9 Å². The zero-order valence-electron chi connectivity index (χ0n) is 18.7. The Labute approximate surface area is 212 Å². The number of nitrogens with one attached hydrogen (secondary N) is 1. The average Bonchev–Trinajstić information content (AvgIpc) is 2.85. The first kappa shape index (κ1) is 25.5. The minimum atomic E-state index is -3.77. The number of sulfonamides is 1. The predicted octanol–water partition coefficient (Wildman–Crippen LogP) is 3.13. The smallest absolute Gasteiger partial charge is 0.309 e. The lowest BCUT2D eigenvalue weighted by Crippen LogP contribution is -2.41. The van der Waals surface area contributed by atoms with Crippen molar-refractivity contribution in [3.63, 3.8) is 0 Å². The molecule has 0 unspecified atom stereocenters. The second-order valence-electron chi connectivity index (χ2n) is 8.04. The van der Waals surface area contributed by atoms with Gasteiger partial charge in [-0.15, -0.1) is 0 Å². The van der Waals surface area contributed by atoms with Gasteiger partial charge in [-0.1, -0.05) is 23.2 Å². The van der Waals surface area contributed by atoms with Crippen LogP contribution in [0.5, 0.6) is 11.5 Å². The summed E-state index contributed by atoms with van der Waals surface area (Å²) >= 11 is 11.8. The predicted molar refractivity (Wildman–Crippen MR) is 127 cm³/mol. The van der Waals surface area contributed by atoms with E-state index in [9.17, 15) is 18.0 Å². The fourth-order valence-corrected chi connectivity index (χ4v) is 5.63. The highest BCUT2D eigenvalue weighted by atomic mass is 35.5. The molecular formula is C22H23Cl2N3O7S. The summed E-state index contributed by atoms with van der Waals surface area (Å²) in [5.74, 6) is -0.717. The number of esters is 1. The molecule has 0 aliphatic carbocycles. The van der Waals surface area contributed by atoms with Crippen LogP contribution in [0.25, 0.3) is 0 Å². The maximum atomic E-state index is 13.1. The summed E-state index contributed by atoms with van der Waals surface area (Å²) in [7, 11) is -3.77. The molecule has 2 aliphatic heterocycles. The number of nitrogens with zero attached hydrogens (tertiary/aromatic N) is 2. The van der Waals surface area contributed by atoms with Gasteiger partial charge < -0.3 is 19.5 Å². The largest absolute Gasteiger partial charge is 0.486 e. The minimum absolute atomic E-state index is 0.0987. The lowest BCUT2D eigenvalue weighted by molar-refractivity contribution is -0.158. The molecule has 2 aromatic rings. The number of rotatable bonds is 6. The molecule has 188 valence electrons. The number of ether oxygens (including phenoxy) is 3. The van der Waals surface area contributed by atoms with E-state index >= 15 is 0 Å². The molecule has 1 fully saturated rings. The molecule has 0 saturated carbocycles. The Morgan fingerprint density at radius 3 is 2.51 bits per heavy atom. The second-order valence-corrected chi connectivity index (χ2v) is 10.8. The molecule has 4 rings (SSSR count). The van der Waals surface area contributed by atoms with E-state index in [0.717, 1.165) is 0 Å². The first-order valence-electron chi connectivity index (χ1n) is 10.9. The van der Waals surface area contributed by atoms with E-state index in [0.29, 0.717) is 29.7 Å². The molecule has 2 aliphatic rings. The Morgan fingerprint density at radius 1 is 1.14 bits per heavy atom. The number of benzene rings is 1. The van der Waals surface area contributed by atoms with E-state index in [1.54, 1.807) is 6.07 Å². The van der Waals surface area contributed by atoms with E-state index in [1.807, 2.05) is 0 Å². The quantitative estimate of drug-likeness (QED) is 0.551. The molecular weight excluding hydrogens is 521 g/mol. The van der Waals surface area contributed by atoms with Gasteiger partial charge >= 0.3 is 5.97 Å². The highest BCUT2D eigenvalue weighted by Crippen LogP contribution is 2.34. The number of anilines is 1. The van der Waals surface area contributed by atoms with Gasteiger partial charge in [-0.25, -0.2) is 13.4 Å². The molecule has 35 heavy (non-hydrogen) atoms. The summed E-state index contributed by atoms with van der Waals surface area (Å²) in [6, 6.07) is 5.93. The zero-order valence-corrected chi connectivity index (χ0v) is 21.0. The first-order valence-corrected chi connectivity index (χ1v) is 13.1. The maximum absolute atomic E-state index is 13.1. The van der Waals surface area contributed by atoms with Gasteiger partial charge in [-0.2, -0.15) is 4.31 Å². The molecule has 10 nitrogen and oxygen atoms in total. The van der Waals surface area contributed by atoms with Gasteiger partial charge in [-0.3, -0.25) is 9.59 Å². The highest BCUT2D eigenvalue weighted by Gasteiger charge is 2.34. The van der Waals surface area contributed by atoms with Crippen molar-refractivity contribution in [2.24, 2.45) is 5.92 Å². The molecule has 1 N–H and O–H groups in total. The van der Waals surface area contributed by atoms with Gasteiger partial charge in [0.05, 0.1) is 20.9 Å². The number of amides is 1. The van der Waals surface area contributed by atoms with Crippen LogP contribution in [0.2, 0.25) is 10.0 Å². The summed E-state index contributed by atoms with van der Waals surface area (Å²) in [6.45, 7) is 2.47. The number of hydrogen-bond donors (Lipinski definition) is 1. The summed E-state index contributed by atoms with van der Waals surface area (Å²) in [6.07, 6.45) is 0.755. The Kier molecular flexibility index (Phi) is 7.70. The fourth-order valence-electron chi connectivity index (χ4n) is 3.71. The van der Waals surface area contributed by atoms with Crippen LogP contribution in [0.4, 0.5) is 5.82 Å². The van der Waals surface area contributed by atoms with Crippen molar-refractivity contribution < 1.29 is 32.2 Å². The van der Waals surface area contributed by atoms with Gasteiger partial charge in [0.1, 0.15) is 13.2 Å². The second kappa shape index (κ2) is 10.6. The summed E-state index contributed by atoms with van der Waals surface area (Å²) < 4.78 is 43.7. The highest BCUT2D eigenvalue weighted by molar-refractivity contribution is 7.89. The standard InChI is InChI=1S/C22H23Cl2N3O7S/c1-13(21(28)26-20-17(24)10-15(23)12-25-20)34-22(29)14-4-6-27(7-5-14)35(30,31)16-2-3-18-19(11-16)33-9-8-32-18/h2-3,10-14H,4-9H2,1H3,(H,25,26,28)/t13-/m1/s1. The molecule has 0 spiro atoms. The minimum Gasteiger partial charge on any atom is -0.486 e. The van der Waals surface area contributed by atoms with Gasteiger partial charge in [0.15, 0.2) is 23.4 Å². The van der Waals surface area contributed by atoms with Crippen molar-refractivity contribution in [1.82, 2.24) is 9.29 Å². The first-order chi connectivity index (χ1) is 16.6. The van der Waals surface area contributed by atoms with E-state index in [1.165, 1.54) is 35.6 Å². The normalized spacial score (nSPS) is 17.5. The van der Waals surface area contributed by atoms with Crippen LogP contribution in [0.3, 0.4) is 0 Å². The van der Waals surface area contributed by atoms with Crippen LogP contribution in [0.1, 0.15) is 19.8 Å². The molecule has 1 saturated heterocycles. The van der Waals surface area contributed by atoms with Gasteiger partial charge in [0, 0.05) is 25.4 Å². The van der Waals surface area contributed by atoms with Crippen molar-refractivity contribution in [2.75, 3.05) is 31.6 Å². The number of aromatic nitrogens is 1. The lowest BCUT2D eigenvalue weighted by atomic mass is 9.98. The molecule has 13 heteroatoms. The van der Waals surface area contributed by atoms with Gasteiger partial charge in [0.25, 0.3) is 5.91 Å². The topological polar surface area (TPSA) is 124 Å². The van der Waals surface area contributed by atoms with Gasteiger partial charge in [0.2, 0.25) is 10.0 Å². The van der Waals surface area contributed by atoms with Crippen LogP contribution >= 0.6 is 23.2 Å². The number of pyridine rings is 1. The molecule has 1 aromatic heterocycles. The third kappa shape index (κ3) is 5.80. The molecule has 1 atom stereocenters. The van der Waals surface area contributed by atoms with Crippen molar-refractivity contribution in [1.29, 1.82) is 0 Å². The van der Waals surface area contributed by atoms with E-state index in [4.69, 9.17) is 37.4 Å². The molecule has 3 heterocycles. The van der Waals surface area contributed by atoms with Crippen LogP contribution in [0, 0.1) is 5.92 Å². The van der Waals surface area contributed by atoms with E-state index in [2.05, 4.69) is 10.3 Å². The van der Waals surface area contributed by atoms with Crippen molar-refractivity contribution in [3.8, 4) is 11.5 Å². The van der Waals surface area contributed by atoms with E-state index in [-0.39, 0.29) is 41.7 Å². The number of hydrogen-bond acceptors (Lipinski definition) is 8. The third-order valence-electron chi connectivity index (χ3n) is 5.65. The average molecular weight is 544 g/mol. The van der Waals surface area contributed by atoms with Crippen LogP contribution in [0.15, 0.2) is 35.4 Å². The van der Waals surface area contributed by atoms with Crippen LogP contribution in [-0.2, 0) is 24.3 Å². The summed E-state index contributed by atoms with van der Waals surface area (Å²) in [4.78, 5) is 29.0. The Bertz CT molecular complexity index is 1230. The van der Waals surface area contributed by atoms with Gasteiger partial charge in [-0.05, 0) is 38.0 Å². The summed E-state index contributed by atoms with van der Waals surface area (Å²) in [5.41, 5.74) is 0. The van der Waals surface area contributed by atoms with Crippen LogP contribution < -0.4 is 14.8 Å². The Hall–Kier alpha value is -2.60. The maximum Gasteiger partial charge on any atom is 0.309 e. The fraction of sp³-hybridized carbons (Fsp3) is 0.409. The Morgan fingerprint density at radius 2 is 1.83 bits per heavy atom. The monoisotopic (exact) mass is 543 g/mol. The zero-order chi connectivity index (χ0) is 25.2. The lowest BCUT2D eigenvalue weighted by Gasteiger charge is -2.30. The third-order valence-corrected chi connectivity index (χ3v) is 8.04. The number of piperidine rings is 1. The molecule has 1 aromatic carbocycles. The molecule has 0 bridgehead atoms. The number of fused-ring (bicyclic) bond motifs is 1. The SMILES string of the molecule is C[C@@H](OC(=O)C1CCN(S(=O)(=O)c2ccc3c(c2)OCCO3)CC1)C(=O)Nc1ncc(Cl)cc1Cl.